The standard InChI is InChI=1S/C50H61N5O6.2BrH/c1-32(16-21-46(56)59-4)38-19-20-39-37-18-17-33-24-36-22-23-49(33,2)40(37)25-45(50(38,39)3)61-48(58)29-55-31-53(42-13-6-8-15-44(42)55)27-35-11-9-10-34(51-35)26-52-30-54(28-47(57)60-36)43-14-7-5-12-41(43)52;;/h5-15,30-33,36-40,45H,16-29H2,1-4H3;2*1H/q+2;;/p-2/t32-,33-,36-,37+,38-,39+,40+,45+,49+,50-;;/m1../s1. The number of carbonyl (C=O) groups excluding carboxylic acids is 3. The average molecular weight is 988 g/mol. The summed E-state index contributed by atoms with van der Waals surface area (Å²) in [5.41, 5.74) is 5.71. The van der Waals surface area contributed by atoms with Crippen molar-refractivity contribution in [3.63, 3.8) is 0 Å². The third kappa shape index (κ3) is 8.16. The number of esters is 3. The molecule has 13 heteroatoms. The third-order valence-corrected chi connectivity index (χ3v) is 16.7. The summed E-state index contributed by atoms with van der Waals surface area (Å²) in [5, 5.41) is 0. The van der Waals surface area contributed by atoms with Crippen LogP contribution in [0.2, 0.25) is 0 Å². The van der Waals surface area contributed by atoms with E-state index in [4.69, 9.17) is 19.2 Å². The highest BCUT2D eigenvalue weighted by Gasteiger charge is 2.65. The zero-order valence-electron chi connectivity index (χ0n) is 37.0. The Bertz CT molecular complexity index is 2500. The summed E-state index contributed by atoms with van der Waals surface area (Å²) in [6.07, 6.45) is 12.9. The number of para-hydroxylation sites is 4. The number of fused-ring (bicyclic) bond motifs is 9. The Morgan fingerprint density at radius 2 is 1.41 bits per heavy atom. The first kappa shape index (κ1) is 45.5. The van der Waals surface area contributed by atoms with Crippen LogP contribution in [-0.2, 0) is 54.8 Å². The second kappa shape index (κ2) is 18.1. The van der Waals surface area contributed by atoms with Gasteiger partial charge >= 0.3 is 17.9 Å². The smallest absolute Gasteiger partial charge is 0.348 e. The summed E-state index contributed by atoms with van der Waals surface area (Å²) < 4.78 is 26.8. The molecule has 10 atom stereocenters. The van der Waals surface area contributed by atoms with E-state index in [2.05, 4.69) is 60.2 Å². The molecule has 63 heavy (non-hydrogen) atoms. The van der Waals surface area contributed by atoms with E-state index in [0.717, 1.165) is 91.2 Å². The van der Waals surface area contributed by atoms with Gasteiger partial charge in [0.25, 0.3) is 0 Å². The van der Waals surface area contributed by atoms with Gasteiger partial charge in [-0.15, -0.1) is 0 Å². The number of aromatic nitrogens is 5. The van der Waals surface area contributed by atoms with E-state index in [1.165, 1.54) is 7.11 Å². The number of pyridine rings is 1. The number of halogens is 2. The predicted octanol–water partition coefficient (Wildman–Crippen LogP) is 1.37. The number of rotatable bonds is 4. The maximum atomic E-state index is 14.5. The van der Waals surface area contributed by atoms with Crippen molar-refractivity contribution in [2.24, 2.45) is 46.3 Å². The summed E-state index contributed by atoms with van der Waals surface area (Å²) in [7, 11) is 1.46. The summed E-state index contributed by atoms with van der Waals surface area (Å²) >= 11 is 0. The van der Waals surface area contributed by atoms with E-state index in [9.17, 15) is 14.4 Å². The molecule has 336 valence electrons. The van der Waals surface area contributed by atoms with Crippen LogP contribution >= 0.6 is 0 Å². The van der Waals surface area contributed by atoms with E-state index in [0.29, 0.717) is 55.0 Å². The molecular weight excluding hydrogens is 926 g/mol. The Balaban J connectivity index is 0.00000272. The third-order valence-electron chi connectivity index (χ3n) is 16.7. The summed E-state index contributed by atoms with van der Waals surface area (Å²) in [6.45, 7) is 8.57. The van der Waals surface area contributed by atoms with Crippen molar-refractivity contribution in [2.45, 2.75) is 123 Å². The molecule has 0 radical (unpaired) electrons. The van der Waals surface area contributed by atoms with Crippen LogP contribution in [0.4, 0.5) is 0 Å². The van der Waals surface area contributed by atoms with Gasteiger partial charge in [-0.2, -0.15) is 0 Å². The molecule has 11 bridgehead atoms. The lowest BCUT2D eigenvalue weighted by atomic mass is 9.43. The lowest BCUT2D eigenvalue weighted by Gasteiger charge is -2.62. The maximum absolute atomic E-state index is 14.5. The van der Waals surface area contributed by atoms with Gasteiger partial charge in [0, 0.05) is 11.8 Å². The predicted molar refractivity (Wildman–Crippen MR) is 227 cm³/mol. The van der Waals surface area contributed by atoms with E-state index in [-0.39, 0.29) is 88.0 Å². The Labute approximate surface area is 391 Å². The van der Waals surface area contributed by atoms with Crippen molar-refractivity contribution in [3.05, 3.63) is 90.8 Å². The Hall–Kier alpha value is -4.10. The molecule has 0 spiro atoms. The average Bonchev–Trinajstić information content (AvgIpc) is 3.91. The SMILES string of the molecule is COC(=O)CC[C@@H](C)[C@H]1CC[C@H]2[C@@H]3CC[C@@H]4C[C@H]5CC[C@]4(C)[C@H]3C[C@H](OC(=O)Cn3c[n+](c4ccccc43)Cc3cccc(n3)C[n+]3cn(c4ccccc43)CC(=O)O5)[C@]12C.[Br-].[Br-]. The molecule has 4 fully saturated rings. The summed E-state index contributed by atoms with van der Waals surface area (Å²) in [6, 6.07) is 22.6. The van der Waals surface area contributed by atoms with Gasteiger partial charge in [-0.3, -0.25) is 4.79 Å². The first-order valence-corrected chi connectivity index (χ1v) is 22.9. The largest absolute Gasteiger partial charge is 1.00 e. The number of imidazole rings is 2. The Kier molecular flexibility index (Phi) is 13.0. The molecule has 2 aliphatic heterocycles. The Morgan fingerprint density at radius 3 is 2.05 bits per heavy atom. The van der Waals surface area contributed by atoms with Gasteiger partial charge in [-0.1, -0.05) is 51.1 Å². The van der Waals surface area contributed by atoms with Gasteiger partial charge in [0.1, 0.15) is 25.3 Å². The molecule has 5 aromatic rings. The highest BCUT2D eigenvalue weighted by molar-refractivity contribution is 5.77. The molecule has 0 unspecified atom stereocenters. The van der Waals surface area contributed by atoms with Crippen molar-refractivity contribution >= 4 is 40.0 Å². The zero-order valence-corrected chi connectivity index (χ0v) is 40.1. The Morgan fingerprint density at radius 1 is 0.794 bits per heavy atom. The fraction of sp³-hybridized carbons (Fsp3) is 0.560. The fourth-order valence-electron chi connectivity index (χ4n) is 13.8. The van der Waals surface area contributed by atoms with Crippen LogP contribution < -0.4 is 43.1 Å². The van der Waals surface area contributed by atoms with Crippen molar-refractivity contribution in [1.29, 1.82) is 0 Å². The van der Waals surface area contributed by atoms with Crippen molar-refractivity contribution in [3.8, 4) is 0 Å². The minimum atomic E-state index is -0.240. The summed E-state index contributed by atoms with van der Waals surface area (Å²) in [4.78, 5) is 45.8. The molecule has 0 saturated heterocycles. The quantitative estimate of drug-likeness (QED) is 0.152. The van der Waals surface area contributed by atoms with Crippen LogP contribution in [0.15, 0.2) is 79.4 Å². The zero-order chi connectivity index (χ0) is 42.0. The van der Waals surface area contributed by atoms with Gasteiger partial charge in [0.15, 0.2) is 35.2 Å². The molecule has 4 saturated carbocycles. The second-order valence-electron chi connectivity index (χ2n) is 19.7. The van der Waals surface area contributed by atoms with Crippen LogP contribution in [0.25, 0.3) is 22.1 Å². The molecule has 5 heterocycles. The first-order valence-electron chi connectivity index (χ1n) is 22.9. The van der Waals surface area contributed by atoms with Crippen LogP contribution in [0.1, 0.15) is 96.4 Å². The van der Waals surface area contributed by atoms with E-state index in [1.807, 2.05) is 58.2 Å². The second-order valence-corrected chi connectivity index (χ2v) is 19.7. The molecule has 0 N–H and O–H groups in total. The molecule has 6 aliphatic rings. The number of methoxy groups -OCH3 is 1. The van der Waals surface area contributed by atoms with Gasteiger partial charge in [-0.05, 0) is 135 Å². The van der Waals surface area contributed by atoms with Gasteiger partial charge in [-0.25, -0.2) is 32.8 Å². The van der Waals surface area contributed by atoms with Crippen LogP contribution in [-0.4, -0.2) is 51.3 Å². The van der Waals surface area contributed by atoms with Crippen molar-refractivity contribution < 1.29 is 71.7 Å². The number of benzene rings is 2. The van der Waals surface area contributed by atoms with Crippen molar-refractivity contribution in [1.82, 2.24) is 14.1 Å². The highest BCUT2D eigenvalue weighted by Crippen LogP contribution is 2.69. The number of hydrogen-bond acceptors (Lipinski definition) is 7. The number of hydrogen-bond donors (Lipinski definition) is 0. The number of nitrogens with zero attached hydrogens (tertiary/aromatic N) is 5. The first-order chi connectivity index (χ1) is 29.5. The topological polar surface area (TPSA) is 109 Å². The van der Waals surface area contributed by atoms with Gasteiger partial charge in [0.2, 0.25) is 12.7 Å². The van der Waals surface area contributed by atoms with E-state index < -0.39 is 0 Å². The molecule has 0 amide bonds. The summed E-state index contributed by atoms with van der Waals surface area (Å²) in [5.74, 6) is 1.87. The number of carbonyl (C=O) groups is 3. The molecule has 11 nitrogen and oxygen atoms in total. The van der Waals surface area contributed by atoms with Crippen LogP contribution in [0, 0.1) is 46.3 Å². The monoisotopic (exact) mass is 985 g/mol. The minimum Gasteiger partial charge on any atom is -1.00 e. The maximum Gasteiger partial charge on any atom is 0.348 e. The number of ether oxygens (including phenoxy) is 3. The van der Waals surface area contributed by atoms with Crippen LogP contribution in [0.5, 0.6) is 0 Å². The van der Waals surface area contributed by atoms with Crippen LogP contribution in [0.3, 0.4) is 0 Å². The fourth-order valence-corrected chi connectivity index (χ4v) is 13.8. The lowest BCUT2D eigenvalue weighted by molar-refractivity contribution is -0.665. The molecule has 4 aliphatic carbocycles. The molecule has 2 aromatic carbocycles. The molecular formula is C50H61Br2N5O6. The minimum absolute atomic E-state index is 0. The molecule has 3 aromatic heterocycles. The van der Waals surface area contributed by atoms with Gasteiger partial charge < -0.3 is 48.2 Å². The van der Waals surface area contributed by atoms with Gasteiger partial charge in [0.05, 0.1) is 18.5 Å². The van der Waals surface area contributed by atoms with E-state index >= 15 is 0 Å². The molecule has 11 rings (SSSR count). The van der Waals surface area contributed by atoms with E-state index in [1.54, 1.807) is 0 Å². The van der Waals surface area contributed by atoms with Crippen molar-refractivity contribution in [2.75, 3.05) is 7.11 Å². The normalized spacial score (nSPS) is 30.9. The highest BCUT2D eigenvalue weighted by atomic mass is 79.9. The lowest BCUT2D eigenvalue weighted by Crippen LogP contribution is -3.00.